The van der Waals surface area contributed by atoms with Crippen molar-refractivity contribution in [3.8, 4) is 0 Å². The van der Waals surface area contributed by atoms with Crippen LogP contribution in [-0.2, 0) is 27.7 Å². The van der Waals surface area contributed by atoms with Gasteiger partial charge in [-0.25, -0.2) is 13.2 Å². The Labute approximate surface area is 199 Å². The van der Waals surface area contributed by atoms with Crippen LogP contribution in [0.25, 0.3) is 0 Å². The summed E-state index contributed by atoms with van der Waals surface area (Å²) in [6, 6.07) is 4.80. The lowest BCUT2D eigenvalue weighted by atomic mass is 10.0. The van der Waals surface area contributed by atoms with Gasteiger partial charge in [-0.05, 0) is 50.5 Å². The number of fused-ring (bicyclic) bond motifs is 1. The fourth-order valence-corrected chi connectivity index (χ4v) is 5.84. The molecule has 0 spiro atoms. The Morgan fingerprint density at radius 3 is 2.55 bits per heavy atom. The van der Waals surface area contributed by atoms with E-state index in [0.29, 0.717) is 17.1 Å². The number of hydrogen-bond donors (Lipinski definition) is 1. The first-order valence-corrected chi connectivity index (χ1v) is 13.4. The molecule has 0 aromatic carbocycles. The zero-order chi connectivity index (χ0) is 24.6. The normalized spacial score (nSPS) is 16.1. The number of carbonyl (C=O) groups excluding carboxylic acids is 2. The molecule has 1 atom stereocenters. The Morgan fingerprint density at radius 1 is 1.30 bits per heavy atom. The van der Waals surface area contributed by atoms with Gasteiger partial charge in [0.15, 0.2) is 9.84 Å². The van der Waals surface area contributed by atoms with E-state index in [2.05, 4.69) is 10.3 Å². The summed E-state index contributed by atoms with van der Waals surface area (Å²) in [6.45, 7) is 11.8. The van der Waals surface area contributed by atoms with Crippen molar-refractivity contribution in [3.05, 3.63) is 45.4 Å². The summed E-state index contributed by atoms with van der Waals surface area (Å²) in [5.41, 5.74) is 0.952. The molecule has 0 bridgehead atoms. The molecule has 2 amide bonds. The van der Waals surface area contributed by atoms with Crippen LogP contribution in [0.1, 0.15) is 73.4 Å². The summed E-state index contributed by atoms with van der Waals surface area (Å²) >= 11 is 1.39. The standard InChI is InChI=1S/C23H31N3O5S2/c1-7-33(29,30)17-9-8-16(24-12-17)11-25-21(27)18-10-15-13-26(22(28)31-23(4,5)6)19(14(2)3)20(15)32-18/h8-10,12,14,19H,7,11,13H2,1-6H3,(H,25,27). The second kappa shape index (κ2) is 9.42. The smallest absolute Gasteiger partial charge is 0.411 e. The highest BCUT2D eigenvalue weighted by Gasteiger charge is 2.40. The predicted molar refractivity (Wildman–Crippen MR) is 127 cm³/mol. The van der Waals surface area contributed by atoms with Crippen LogP contribution in [0.4, 0.5) is 4.79 Å². The van der Waals surface area contributed by atoms with Crippen molar-refractivity contribution in [1.82, 2.24) is 15.2 Å². The third kappa shape index (κ3) is 5.73. The molecule has 2 aromatic heterocycles. The number of aromatic nitrogens is 1. The van der Waals surface area contributed by atoms with Gasteiger partial charge in [0.05, 0.1) is 40.4 Å². The maximum Gasteiger partial charge on any atom is 0.411 e. The van der Waals surface area contributed by atoms with Crippen molar-refractivity contribution < 1.29 is 22.7 Å². The van der Waals surface area contributed by atoms with E-state index in [1.165, 1.54) is 23.6 Å². The molecule has 0 saturated heterocycles. The maximum atomic E-state index is 12.7. The molecule has 10 heteroatoms. The van der Waals surface area contributed by atoms with Crippen molar-refractivity contribution in [1.29, 1.82) is 0 Å². The fourth-order valence-electron chi connectivity index (χ4n) is 3.64. The minimum atomic E-state index is -3.31. The van der Waals surface area contributed by atoms with Gasteiger partial charge < -0.3 is 10.1 Å². The number of carbonyl (C=O) groups is 2. The topological polar surface area (TPSA) is 106 Å². The molecular formula is C23H31N3O5S2. The monoisotopic (exact) mass is 493 g/mol. The van der Waals surface area contributed by atoms with Gasteiger partial charge in [-0.3, -0.25) is 14.7 Å². The van der Waals surface area contributed by atoms with E-state index in [0.717, 1.165) is 10.4 Å². The van der Waals surface area contributed by atoms with Crippen molar-refractivity contribution in [2.75, 3.05) is 5.75 Å². The Kier molecular flexibility index (Phi) is 7.18. The summed E-state index contributed by atoms with van der Waals surface area (Å²) < 4.78 is 29.4. The van der Waals surface area contributed by atoms with E-state index in [4.69, 9.17) is 4.74 Å². The second-order valence-electron chi connectivity index (χ2n) is 9.37. The van der Waals surface area contributed by atoms with Crippen LogP contribution in [0.2, 0.25) is 0 Å². The lowest BCUT2D eigenvalue weighted by Gasteiger charge is -2.30. The van der Waals surface area contributed by atoms with Gasteiger partial charge in [0.1, 0.15) is 5.60 Å². The number of nitrogens with one attached hydrogen (secondary N) is 1. The van der Waals surface area contributed by atoms with Crippen molar-refractivity contribution in [2.24, 2.45) is 5.92 Å². The van der Waals surface area contributed by atoms with Crippen molar-refractivity contribution in [2.45, 2.75) is 71.2 Å². The molecule has 1 aliphatic heterocycles. The van der Waals surface area contributed by atoms with E-state index in [-0.39, 0.29) is 41.2 Å². The number of thiophene rings is 1. The zero-order valence-corrected chi connectivity index (χ0v) is 21.5. The van der Waals surface area contributed by atoms with Crippen LogP contribution in [0.5, 0.6) is 0 Å². The Morgan fingerprint density at radius 2 is 2.00 bits per heavy atom. The molecule has 0 saturated carbocycles. The van der Waals surface area contributed by atoms with Gasteiger partial charge >= 0.3 is 6.09 Å². The van der Waals surface area contributed by atoms with Crippen molar-refractivity contribution >= 4 is 33.2 Å². The highest BCUT2D eigenvalue weighted by molar-refractivity contribution is 7.91. The van der Waals surface area contributed by atoms with Gasteiger partial charge in [0.25, 0.3) is 5.91 Å². The summed E-state index contributed by atoms with van der Waals surface area (Å²) in [5, 5.41) is 2.84. The van der Waals surface area contributed by atoms with Crippen LogP contribution in [0, 0.1) is 5.92 Å². The van der Waals surface area contributed by atoms with Crippen LogP contribution in [0.3, 0.4) is 0 Å². The van der Waals surface area contributed by atoms with Crippen molar-refractivity contribution in [3.63, 3.8) is 0 Å². The van der Waals surface area contributed by atoms with E-state index in [1.807, 2.05) is 40.7 Å². The molecule has 1 unspecified atom stereocenters. The SMILES string of the molecule is CCS(=O)(=O)c1ccc(CNC(=O)c2cc3c(s2)C(C(C)C)N(C(=O)OC(C)(C)C)C3)nc1. The van der Waals surface area contributed by atoms with E-state index in [1.54, 1.807) is 17.9 Å². The largest absolute Gasteiger partial charge is 0.444 e. The summed E-state index contributed by atoms with van der Waals surface area (Å²) in [5.74, 6) is -0.0560. The molecule has 0 fully saturated rings. The van der Waals surface area contributed by atoms with Crippen LogP contribution >= 0.6 is 11.3 Å². The lowest BCUT2D eigenvalue weighted by Crippen LogP contribution is -2.37. The molecule has 3 rings (SSSR count). The Hall–Kier alpha value is -2.46. The molecule has 8 nitrogen and oxygen atoms in total. The molecule has 2 aromatic rings. The van der Waals surface area contributed by atoms with Gasteiger partial charge in [-0.2, -0.15) is 0 Å². The number of amides is 2. The Bertz CT molecular complexity index is 1130. The number of rotatable bonds is 6. The average molecular weight is 494 g/mol. The quantitative estimate of drug-likeness (QED) is 0.643. The lowest BCUT2D eigenvalue weighted by molar-refractivity contribution is 0.0129. The summed E-state index contributed by atoms with van der Waals surface area (Å²) in [6.07, 6.45) is 0.966. The average Bonchev–Trinajstić information content (AvgIpc) is 3.29. The second-order valence-corrected chi connectivity index (χ2v) is 12.7. The summed E-state index contributed by atoms with van der Waals surface area (Å²) in [4.78, 5) is 33.1. The zero-order valence-electron chi connectivity index (χ0n) is 19.8. The molecule has 0 radical (unpaired) electrons. The van der Waals surface area contributed by atoms with Gasteiger partial charge in [0, 0.05) is 11.1 Å². The third-order valence-corrected chi connectivity index (χ3v) is 8.20. The summed E-state index contributed by atoms with van der Waals surface area (Å²) in [7, 11) is -3.31. The molecule has 1 N–H and O–H groups in total. The molecule has 180 valence electrons. The van der Waals surface area contributed by atoms with Crippen LogP contribution in [-0.4, -0.2) is 41.7 Å². The molecule has 33 heavy (non-hydrogen) atoms. The highest BCUT2D eigenvalue weighted by Crippen LogP contribution is 2.44. The highest BCUT2D eigenvalue weighted by atomic mass is 32.2. The van der Waals surface area contributed by atoms with Gasteiger partial charge in [0.2, 0.25) is 0 Å². The maximum absolute atomic E-state index is 12.7. The first-order valence-electron chi connectivity index (χ1n) is 10.9. The molecule has 3 heterocycles. The minimum Gasteiger partial charge on any atom is -0.444 e. The number of nitrogens with zero attached hydrogens (tertiary/aromatic N) is 2. The number of ether oxygens (including phenoxy) is 1. The predicted octanol–water partition coefficient (Wildman–Crippen LogP) is 4.31. The number of pyridine rings is 1. The Balaban J connectivity index is 1.69. The van der Waals surface area contributed by atoms with E-state index < -0.39 is 15.4 Å². The van der Waals surface area contributed by atoms with Gasteiger partial charge in [-0.1, -0.05) is 20.8 Å². The van der Waals surface area contributed by atoms with E-state index in [9.17, 15) is 18.0 Å². The number of sulfone groups is 1. The van der Waals surface area contributed by atoms with Crippen LogP contribution in [0.15, 0.2) is 29.3 Å². The third-order valence-electron chi connectivity index (χ3n) is 5.24. The molecule has 0 aliphatic carbocycles. The van der Waals surface area contributed by atoms with Gasteiger partial charge in [-0.15, -0.1) is 11.3 Å². The molecular weight excluding hydrogens is 462 g/mol. The molecule has 1 aliphatic rings. The minimum absolute atomic E-state index is 0.0105. The van der Waals surface area contributed by atoms with Crippen LogP contribution < -0.4 is 5.32 Å². The fraction of sp³-hybridized carbons (Fsp3) is 0.522. The first kappa shape index (κ1) is 25.2. The van der Waals surface area contributed by atoms with E-state index >= 15 is 0 Å². The first-order chi connectivity index (χ1) is 15.3. The number of hydrogen-bond acceptors (Lipinski definition) is 7.